The van der Waals surface area contributed by atoms with Gasteiger partial charge in [-0.25, -0.2) is 4.39 Å². The van der Waals surface area contributed by atoms with Gasteiger partial charge in [0.2, 0.25) is 0 Å². The zero-order valence-corrected chi connectivity index (χ0v) is 12.3. The molecular weight excluding hydrogens is 279 g/mol. The molecule has 1 fully saturated rings. The zero-order valence-electron chi connectivity index (χ0n) is 12.3. The molecule has 1 spiro atoms. The third kappa shape index (κ3) is 2.09. The van der Waals surface area contributed by atoms with Crippen LogP contribution >= 0.6 is 0 Å². The molecule has 4 heteroatoms. The Kier molecular flexibility index (Phi) is 3.47. The molecule has 0 atom stereocenters. The van der Waals surface area contributed by atoms with Gasteiger partial charge in [0, 0.05) is 5.57 Å². The van der Waals surface area contributed by atoms with Gasteiger partial charge in [0.05, 0.1) is 11.6 Å². The summed E-state index contributed by atoms with van der Waals surface area (Å²) < 4.78 is 19.3. The second-order valence-electron chi connectivity index (χ2n) is 5.74. The van der Waals surface area contributed by atoms with Crippen LogP contribution in [0, 0.1) is 28.5 Å². The molecule has 0 amide bonds. The predicted octanol–water partition coefficient (Wildman–Crippen LogP) is 4.24. The van der Waals surface area contributed by atoms with Gasteiger partial charge in [-0.3, -0.25) is 0 Å². The Morgan fingerprint density at radius 2 is 1.82 bits per heavy atom. The number of nitriles is 2. The Morgan fingerprint density at radius 3 is 2.36 bits per heavy atom. The van der Waals surface area contributed by atoms with Gasteiger partial charge in [0.15, 0.2) is 5.76 Å². The minimum Gasteiger partial charge on any atom is -0.480 e. The van der Waals surface area contributed by atoms with Crippen LogP contribution in [0.3, 0.4) is 0 Å². The van der Waals surface area contributed by atoms with E-state index < -0.39 is 5.60 Å². The summed E-state index contributed by atoms with van der Waals surface area (Å²) >= 11 is 0. The van der Waals surface area contributed by atoms with Crippen LogP contribution in [0.15, 0.2) is 41.2 Å². The van der Waals surface area contributed by atoms with Gasteiger partial charge in [-0.2, -0.15) is 10.5 Å². The quantitative estimate of drug-likeness (QED) is 0.728. The summed E-state index contributed by atoms with van der Waals surface area (Å²) in [6.45, 7) is 1.66. The molecule has 110 valence electrons. The lowest BCUT2D eigenvalue weighted by molar-refractivity contribution is 0.0799. The predicted molar refractivity (Wildman–Crippen MR) is 79.5 cm³/mol. The van der Waals surface area contributed by atoms with Gasteiger partial charge in [-0.05, 0) is 50.3 Å². The Labute approximate surface area is 128 Å². The number of allylic oxidation sites excluding steroid dienone is 2. The van der Waals surface area contributed by atoms with Crippen molar-refractivity contribution in [3.63, 3.8) is 0 Å². The van der Waals surface area contributed by atoms with E-state index in [0.29, 0.717) is 16.9 Å². The largest absolute Gasteiger partial charge is 0.480 e. The highest BCUT2D eigenvalue weighted by Gasteiger charge is 2.48. The third-order valence-corrected chi connectivity index (χ3v) is 4.39. The minimum atomic E-state index is -0.545. The number of halogens is 1. The van der Waals surface area contributed by atoms with E-state index in [2.05, 4.69) is 12.1 Å². The standard InChI is InChI=1S/C18H15FN2O/c1-12(10-20)17-15(11-21)16(13-4-6-14(19)7-5-13)18(22-17)8-2-3-9-18/h4-7H,2-3,8-9H2,1H3/b17-12+. The zero-order chi connectivity index (χ0) is 15.7. The lowest BCUT2D eigenvalue weighted by Gasteiger charge is -2.27. The van der Waals surface area contributed by atoms with E-state index in [-0.39, 0.29) is 5.82 Å². The van der Waals surface area contributed by atoms with E-state index in [1.165, 1.54) is 12.1 Å². The Hall–Kier alpha value is -2.59. The highest BCUT2D eigenvalue weighted by molar-refractivity contribution is 5.84. The van der Waals surface area contributed by atoms with Gasteiger partial charge in [-0.1, -0.05) is 12.1 Å². The van der Waals surface area contributed by atoms with E-state index in [0.717, 1.165) is 36.8 Å². The minimum absolute atomic E-state index is 0.314. The van der Waals surface area contributed by atoms with Gasteiger partial charge >= 0.3 is 0 Å². The molecule has 1 aromatic carbocycles. The summed E-state index contributed by atoms with van der Waals surface area (Å²) in [4.78, 5) is 0. The van der Waals surface area contributed by atoms with Crippen molar-refractivity contribution in [1.29, 1.82) is 10.5 Å². The third-order valence-electron chi connectivity index (χ3n) is 4.39. The van der Waals surface area contributed by atoms with Crippen LogP contribution in [-0.4, -0.2) is 5.60 Å². The summed E-state index contributed by atoms with van der Waals surface area (Å²) in [6, 6.07) is 10.4. The molecule has 0 aromatic heterocycles. The molecule has 3 nitrogen and oxygen atoms in total. The molecule has 0 unspecified atom stereocenters. The molecule has 1 heterocycles. The van der Waals surface area contributed by atoms with Crippen LogP contribution in [0.4, 0.5) is 4.39 Å². The number of hydrogen-bond donors (Lipinski definition) is 0. The molecule has 1 aromatic rings. The lowest BCUT2D eigenvalue weighted by atomic mass is 9.85. The van der Waals surface area contributed by atoms with Crippen LogP contribution in [0.25, 0.3) is 5.57 Å². The van der Waals surface area contributed by atoms with Crippen molar-refractivity contribution in [2.45, 2.75) is 38.2 Å². The number of nitrogens with zero attached hydrogens (tertiary/aromatic N) is 2. The smallest absolute Gasteiger partial charge is 0.152 e. The van der Waals surface area contributed by atoms with Crippen molar-refractivity contribution < 1.29 is 9.13 Å². The van der Waals surface area contributed by atoms with Crippen molar-refractivity contribution in [3.8, 4) is 12.1 Å². The Morgan fingerprint density at radius 1 is 1.18 bits per heavy atom. The molecule has 3 rings (SSSR count). The van der Waals surface area contributed by atoms with Gasteiger partial charge in [-0.15, -0.1) is 0 Å². The average Bonchev–Trinajstić information content (AvgIpc) is 3.13. The summed E-state index contributed by atoms with van der Waals surface area (Å²) in [5.41, 5.74) is 1.86. The molecule has 2 aliphatic rings. The average molecular weight is 294 g/mol. The maximum atomic E-state index is 13.2. The van der Waals surface area contributed by atoms with Gasteiger partial charge < -0.3 is 4.74 Å². The molecule has 1 aliphatic carbocycles. The van der Waals surface area contributed by atoms with E-state index in [4.69, 9.17) is 10.00 Å². The maximum Gasteiger partial charge on any atom is 0.152 e. The van der Waals surface area contributed by atoms with E-state index in [1.807, 2.05) is 0 Å². The van der Waals surface area contributed by atoms with Crippen molar-refractivity contribution >= 4 is 5.57 Å². The second kappa shape index (κ2) is 5.31. The Bertz CT molecular complexity index is 754. The fourth-order valence-corrected chi connectivity index (χ4v) is 3.38. The topological polar surface area (TPSA) is 56.8 Å². The van der Waals surface area contributed by atoms with E-state index in [9.17, 15) is 9.65 Å². The number of hydrogen-bond acceptors (Lipinski definition) is 3. The number of ether oxygens (including phenoxy) is 1. The van der Waals surface area contributed by atoms with Crippen LogP contribution in [0.5, 0.6) is 0 Å². The molecule has 0 saturated heterocycles. The van der Waals surface area contributed by atoms with Crippen molar-refractivity contribution in [2.24, 2.45) is 0 Å². The summed E-state index contributed by atoms with van der Waals surface area (Å²) in [6.07, 6.45) is 3.66. The van der Waals surface area contributed by atoms with Gasteiger partial charge in [0.1, 0.15) is 23.1 Å². The second-order valence-corrected chi connectivity index (χ2v) is 5.74. The first kappa shape index (κ1) is 14.4. The molecule has 0 radical (unpaired) electrons. The van der Waals surface area contributed by atoms with Crippen LogP contribution in [0.2, 0.25) is 0 Å². The number of rotatable bonds is 1. The first-order valence-corrected chi connectivity index (χ1v) is 7.32. The molecule has 1 aliphatic heterocycles. The van der Waals surface area contributed by atoms with Gasteiger partial charge in [0.25, 0.3) is 0 Å². The lowest BCUT2D eigenvalue weighted by Crippen LogP contribution is -2.26. The Balaban J connectivity index is 2.25. The normalized spacial score (nSPS) is 21.5. The van der Waals surface area contributed by atoms with Crippen LogP contribution in [0.1, 0.15) is 38.2 Å². The van der Waals surface area contributed by atoms with E-state index in [1.54, 1.807) is 19.1 Å². The summed E-state index contributed by atoms with van der Waals surface area (Å²) in [5, 5.41) is 18.8. The van der Waals surface area contributed by atoms with E-state index >= 15 is 0 Å². The molecule has 22 heavy (non-hydrogen) atoms. The fraction of sp³-hybridized carbons (Fsp3) is 0.333. The first-order valence-electron chi connectivity index (χ1n) is 7.32. The SMILES string of the molecule is C/C(C#N)=C1\OC2(CCCC2)C(c2ccc(F)cc2)=C1C#N. The monoisotopic (exact) mass is 294 g/mol. The summed E-state index contributed by atoms with van der Waals surface area (Å²) in [7, 11) is 0. The van der Waals surface area contributed by atoms with Crippen molar-refractivity contribution in [2.75, 3.05) is 0 Å². The fourth-order valence-electron chi connectivity index (χ4n) is 3.38. The van der Waals surface area contributed by atoms with Crippen molar-refractivity contribution in [3.05, 3.63) is 52.6 Å². The van der Waals surface area contributed by atoms with Crippen molar-refractivity contribution in [1.82, 2.24) is 0 Å². The van der Waals surface area contributed by atoms with Crippen LogP contribution < -0.4 is 0 Å². The molecule has 0 N–H and O–H groups in total. The molecule has 0 bridgehead atoms. The molecule has 1 saturated carbocycles. The van der Waals surface area contributed by atoms with Crippen LogP contribution in [-0.2, 0) is 4.74 Å². The first-order chi connectivity index (χ1) is 10.6. The highest BCUT2D eigenvalue weighted by Crippen LogP contribution is 2.53. The highest BCUT2D eigenvalue weighted by atomic mass is 19.1. The number of benzene rings is 1. The maximum absolute atomic E-state index is 13.2. The summed E-state index contributed by atoms with van der Waals surface area (Å²) in [5.74, 6) is 0.0671. The molecular formula is C18H15FN2O.